The van der Waals surface area contributed by atoms with E-state index in [9.17, 15) is 20.2 Å². The molecule has 0 spiro atoms. The van der Waals surface area contributed by atoms with Crippen molar-refractivity contribution in [3.63, 3.8) is 0 Å². The number of nitro groups is 2. The summed E-state index contributed by atoms with van der Waals surface area (Å²) >= 11 is 0. The van der Waals surface area contributed by atoms with Gasteiger partial charge in [0.2, 0.25) is 0 Å². The molecule has 16 heteroatoms. The number of non-ortho nitro benzene ring substituents is 1. The molecule has 0 saturated carbocycles. The number of unbranched alkanes of at least 4 members (excludes halogenated alkanes) is 1. The van der Waals surface area contributed by atoms with Crippen LogP contribution in [0.5, 0.6) is 0 Å². The maximum absolute atomic E-state index is 11.1. The van der Waals surface area contributed by atoms with Gasteiger partial charge in [0.25, 0.3) is 11.4 Å². The lowest BCUT2D eigenvalue weighted by Crippen LogP contribution is -2.15. The summed E-state index contributed by atoms with van der Waals surface area (Å²) in [7, 11) is 0. The summed E-state index contributed by atoms with van der Waals surface area (Å²) in [5, 5.41) is 24.8. The van der Waals surface area contributed by atoms with Crippen molar-refractivity contribution in [2.24, 2.45) is 0 Å². The third-order valence-corrected chi connectivity index (χ3v) is 5.57. The smallest absolute Gasteiger partial charge is 0.299 e. The number of hydrogen-bond donors (Lipinski definition) is 1. The van der Waals surface area contributed by atoms with Crippen molar-refractivity contribution in [3.8, 4) is 0 Å². The van der Waals surface area contributed by atoms with E-state index >= 15 is 0 Å². The van der Waals surface area contributed by atoms with Crippen molar-refractivity contribution >= 4 is 17.1 Å². The molecule has 0 aliphatic carbocycles. The van der Waals surface area contributed by atoms with Crippen LogP contribution in [0.1, 0.15) is 19.8 Å². The maximum atomic E-state index is 11.1. The van der Waals surface area contributed by atoms with Crippen molar-refractivity contribution in [1.82, 2.24) is 0 Å². The zero-order valence-corrected chi connectivity index (χ0v) is 25.8. The monoisotopic (exact) mass is 635 g/mol. The van der Waals surface area contributed by atoms with E-state index in [4.69, 9.17) is 42.6 Å². The highest BCUT2D eigenvalue weighted by Crippen LogP contribution is 2.28. The number of nitro benzene ring substituents is 2. The van der Waals surface area contributed by atoms with Crippen LogP contribution in [0.4, 0.5) is 17.1 Å². The summed E-state index contributed by atoms with van der Waals surface area (Å²) in [6.07, 6.45) is 2.21. The van der Waals surface area contributed by atoms with Gasteiger partial charge in [0.1, 0.15) is 5.69 Å². The topological polar surface area (TPSA) is 181 Å². The van der Waals surface area contributed by atoms with Crippen LogP contribution < -0.4 is 5.32 Å². The van der Waals surface area contributed by atoms with E-state index in [2.05, 4.69) is 12.2 Å². The molecule has 0 amide bonds. The van der Waals surface area contributed by atoms with Gasteiger partial charge in [0.15, 0.2) is 0 Å². The standard InChI is InChI=1S/C28H49N3O13/c1-2-3-7-36-9-11-38-13-15-40-17-19-42-21-23-44-24-22-43-20-18-41-16-14-39-12-10-37-8-6-29-27-5-4-26(30(32)33)25-28(27)31(34)35/h4-5,25,29H,2-3,6-24H2,1H3. The van der Waals surface area contributed by atoms with Crippen LogP contribution >= 0.6 is 0 Å². The molecule has 0 aromatic heterocycles. The molecule has 0 aliphatic heterocycles. The van der Waals surface area contributed by atoms with Gasteiger partial charge in [-0.2, -0.15) is 0 Å². The molecule has 1 aromatic carbocycles. The van der Waals surface area contributed by atoms with Crippen molar-refractivity contribution < 1.29 is 52.5 Å². The number of anilines is 1. The molecular weight excluding hydrogens is 586 g/mol. The Morgan fingerprint density at radius 3 is 1.25 bits per heavy atom. The van der Waals surface area contributed by atoms with Crippen LogP contribution in [0.3, 0.4) is 0 Å². The van der Waals surface area contributed by atoms with Crippen LogP contribution in [0.2, 0.25) is 0 Å². The molecule has 44 heavy (non-hydrogen) atoms. The number of rotatable bonds is 33. The minimum absolute atomic E-state index is 0.189. The number of nitrogens with one attached hydrogen (secondary N) is 1. The number of nitrogens with zero attached hydrogens (tertiary/aromatic N) is 2. The van der Waals surface area contributed by atoms with Crippen LogP contribution in [0.15, 0.2) is 18.2 Å². The summed E-state index contributed by atoms with van der Waals surface area (Å²) in [4.78, 5) is 20.6. The van der Waals surface area contributed by atoms with Crippen molar-refractivity contribution in [1.29, 1.82) is 0 Å². The second-order valence-electron chi connectivity index (χ2n) is 9.01. The first kappa shape index (κ1) is 39.5. The minimum Gasteiger partial charge on any atom is -0.379 e. The second-order valence-corrected chi connectivity index (χ2v) is 9.01. The molecule has 16 nitrogen and oxygen atoms in total. The Bertz CT molecular complexity index is 851. The summed E-state index contributed by atoms with van der Waals surface area (Å²) in [5.41, 5.74) is -0.516. The van der Waals surface area contributed by atoms with E-state index < -0.39 is 9.85 Å². The van der Waals surface area contributed by atoms with E-state index in [1.165, 1.54) is 12.1 Å². The van der Waals surface area contributed by atoms with Gasteiger partial charge in [-0.1, -0.05) is 13.3 Å². The Morgan fingerprint density at radius 2 is 0.909 bits per heavy atom. The molecule has 1 aromatic rings. The third kappa shape index (κ3) is 22.9. The number of hydrogen-bond acceptors (Lipinski definition) is 14. The van der Waals surface area contributed by atoms with E-state index in [0.717, 1.165) is 25.5 Å². The van der Waals surface area contributed by atoms with Crippen molar-refractivity contribution in [2.45, 2.75) is 19.8 Å². The Balaban J connectivity index is 1.76. The molecule has 1 N–H and O–H groups in total. The Hall–Kier alpha value is -2.54. The third-order valence-electron chi connectivity index (χ3n) is 5.57. The van der Waals surface area contributed by atoms with Crippen LogP contribution in [0, 0.1) is 20.2 Å². The second kappa shape index (κ2) is 29.2. The van der Waals surface area contributed by atoms with Gasteiger partial charge < -0.3 is 47.9 Å². The first-order valence-electron chi connectivity index (χ1n) is 14.9. The lowest BCUT2D eigenvalue weighted by atomic mass is 10.2. The first-order valence-corrected chi connectivity index (χ1v) is 14.9. The van der Waals surface area contributed by atoms with Gasteiger partial charge in [-0.05, 0) is 12.5 Å². The fourth-order valence-corrected chi connectivity index (χ4v) is 3.30. The predicted octanol–water partition coefficient (Wildman–Crippen LogP) is 2.86. The molecule has 1 rings (SSSR count). The number of benzene rings is 1. The van der Waals surface area contributed by atoms with E-state index in [1.807, 2.05) is 0 Å². The molecule has 0 unspecified atom stereocenters. The Labute approximate surface area is 258 Å². The van der Waals surface area contributed by atoms with E-state index in [-0.39, 0.29) is 23.7 Å². The lowest BCUT2D eigenvalue weighted by Gasteiger charge is -2.09. The highest BCUT2D eigenvalue weighted by Gasteiger charge is 2.19. The fraction of sp³-hybridized carbons (Fsp3) is 0.786. The van der Waals surface area contributed by atoms with Crippen molar-refractivity contribution in [3.05, 3.63) is 38.4 Å². The molecule has 0 heterocycles. The predicted molar refractivity (Wildman–Crippen MR) is 161 cm³/mol. The van der Waals surface area contributed by atoms with Crippen LogP contribution in [-0.2, 0) is 42.6 Å². The van der Waals surface area contributed by atoms with Gasteiger partial charge >= 0.3 is 0 Å². The zero-order valence-electron chi connectivity index (χ0n) is 25.8. The Morgan fingerprint density at radius 1 is 0.545 bits per heavy atom. The van der Waals surface area contributed by atoms with Crippen LogP contribution in [-0.4, -0.2) is 135 Å². The molecule has 0 fully saturated rings. The summed E-state index contributed by atoms with van der Waals surface area (Å²) < 4.78 is 48.9. The number of ether oxygens (including phenoxy) is 9. The molecule has 254 valence electrons. The molecule has 0 atom stereocenters. The summed E-state index contributed by atoms with van der Waals surface area (Å²) in [5.74, 6) is 0. The highest BCUT2D eigenvalue weighted by molar-refractivity contribution is 5.65. The quantitative estimate of drug-likeness (QED) is 0.0676. The lowest BCUT2D eigenvalue weighted by molar-refractivity contribution is -0.393. The molecular formula is C28H49N3O13. The van der Waals surface area contributed by atoms with Gasteiger partial charge in [-0.25, -0.2) is 0 Å². The van der Waals surface area contributed by atoms with E-state index in [0.29, 0.717) is 112 Å². The van der Waals surface area contributed by atoms with Gasteiger partial charge in [-0.15, -0.1) is 0 Å². The van der Waals surface area contributed by atoms with Gasteiger partial charge in [0.05, 0.1) is 128 Å². The van der Waals surface area contributed by atoms with Gasteiger partial charge in [0, 0.05) is 19.2 Å². The molecule has 0 saturated heterocycles. The largest absolute Gasteiger partial charge is 0.379 e. The normalized spacial score (nSPS) is 11.2. The van der Waals surface area contributed by atoms with Crippen molar-refractivity contribution in [2.75, 3.05) is 131 Å². The maximum Gasteiger partial charge on any atom is 0.299 e. The molecule has 0 aliphatic rings. The minimum atomic E-state index is -0.680. The first-order chi connectivity index (χ1) is 21.6. The zero-order chi connectivity index (χ0) is 31.9. The fourth-order valence-electron chi connectivity index (χ4n) is 3.30. The molecule has 0 radical (unpaired) electrons. The average Bonchev–Trinajstić information content (AvgIpc) is 3.01. The highest BCUT2D eigenvalue weighted by atomic mass is 16.6. The van der Waals surface area contributed by atoms with Gasteiger partial charge in [-0.3, -0.25) is 20.2 Å². The summed E-state index contributed by atoms with van der Waals surface area (Å²) in [6, 6.07) is 3.43. The SMILES string of the molecule is CCCCOCCOCCOCCOCCOCCOCCOCCOCCOCCNc1ccc([N+](=O)[O-])cc1[N+](=O)[O-]. The Kier molecular flexibility index (Phi) is 26.2. The van der Waals surface area contributed by atoms with Crippen LogP contribution in [0.25, 0.3) is 0 Å². The average molecular weight is 636 g/mol. The summed E-state index contributed by atoms with van der Waals surface area (Å²) in [6.45, 7) is 11.2. The van der Waals surface area contributed by atoms with E-state index in [1.54, 1.807) is 0 Å². The molecule has 0 bridgehead atoms.